The second kappa shape index (κ2) is 10.9. The van der Waals surface area contributed by atoms with E-state index in [1.807, 2.05) is 38.1 Å². The third-order valence-electron chi connectivity index (χ3n) is 6.18. The predicted octanol–water partition coefficient (Wildman–Crippen LogP) is 6.10. The van der Waals surface area contributed by atoms with Gasteiger partial charge in [0.1, 0.15) is 16.3 Å². The molecule has 0 fully saturated rings. The zero-order chi connectivity index (χ0) is 25.1. The van der Waals surface area contributed by atoms with Crippen LogP contribution in [-0.2, 0) is 12.8 Å². The summed E-state index contributed by atoms with van der Waals surface area (Å²) in [5.41, 5.74) is 2.40. The van der Waals surface area contributed by atoms with Gasteiger partial charge >= 0.3 is 0 Å². The lowest BCUT2D eigenvalue weighted by Gasteiger charge is -2.14. The molecule has 0 radical (unpaired) electrons. The fourth-order valence-corrected chi connectivity index (χ4v) is 6.70. The molecule has 1 aliphatic carbocycles. The van der Waals surface area contributed by atoms with Crippen molar-refractivity contribution in [2.24, 2.45) is 0 Å². The van der Waals surface area contributed by atoms with Crippen LogP contribution in [0.15, 0.2) is 58.5 Å². The topological polar surface area (TPSA) is 70.4 Å². The number of aryl methyl sites for hydroxylation is 2. The number of ketones is 1. The van der Waals surface area contributed by atoms with Crippen molar-refractivity contribution >= 4 is 39.1 Å². The molecule has 0 aliphatic heterocycles. The monoisotopic (exact) mass is 520 g/mol. The van der Waals surface area contributed by atoms with Crippen molar-refractivity contribution in [1.29, 1.82) is 0 Å². The molecule has 0 bridgehead atoms. The molecule has 2 heterocycles. The Bertz CT molecular complexity index is 1440. The van der Waals surface area contributed by atoms with Crippen molar-refractivity contribution in [2.45, 2.75) is 44.7 Å². The van der Waals surface area contributed by atoms with Crippen molar-refractivity contribution in [1.82, 2.24) is 9.55 Å². The minimum atomic E-state index is -0.0698. The van der Waals surface area contributed by atoms with Gasteiger partial charge in [0.15, 0.2) is 10.9 Å². The summed E-state index contributed by atoms with van der Waals surface area (Å²) in [6.07, 6.45) is 4.15. The molecule has 0 amide bonds. The van der Waals surface area contributed by atoms with Crippen LogP contribution in [0.4, 0.5) is 0 Å². The molecule has 0 N–H and O–H groups in total. The van der Waals surface area contributed by atoms with Crippen LogP contribution in [0.25, 0.3) is 15.9 Å². The molecule has 36 heavy (non-hydrogen) atoms. The molecule has 0 spiro atoms. The van der Waals surface area contributed by atoms with Crippen LogP contribution in [-0.4, -0.2) is 34.3 Å². The van der Waals surface area contributed by atoms with E-state index in [0.717, 1.165) is 53.0 Å². The molecular formula is C28H28N2O4S2. The van der Waals surface area contributed by atoms with Crippen molar-refractivity contribution in [3.8, 4) is 17.2 Å². The third kappa shape index (κ3) is 4.92. The maximum absolute atomic E-state index is 13.9. The molecule has 0 saturated carbocycles. The fraction of sp³-hybridized carbons (Fsp3) is 0.321. The highest BCUT2D eigenvalue weighted by Gasteiger charge is 2.23. The molecule has 0 saturated heterocycles. The average Bonchev–Trinajstić information content (AvgIpc) is 3.27. The first-order valence-corrected chi connectivity index (χ1v) is 14.1. The predicted molar refractivity (Wildman–Crippen MR) is 146 cm³/mol. The van der Waals surface area contributed by atoms with Gasteiger partial charge in [-0.25, -0.2) is 4.98 Å². The number of carbonyl (C=O) groups is 1. The van der Waals surface area contributed by atoms with E-state index in [1.165, 1.54) is 16.6 Å². The molecule has 0 unspecified atom stereocenters. The molecule has 0 atom stereocenters. The maximum atomic E-state index is 13.9. The van der Waals surface area contributed by atoms with E-state index in [2.05, 4.69) is 0 Å². The lowest BCUT2D eigenvalue weighted by Crippen LogP contribution is -2.22. The summed E-state index contributed by atoms with van der Waals surface area (Å²) < 4.78 is 12.7. The smallest absolute Gasteiger partial charge is 0.267 e. The van der Waals surface area contributed by atoms with Crippen LogP contribution in [0, 0.1) is 0 Å². The first kappa shape index (κ1) is 24.6. The molecule has 4 aromatic rings. The Labute approximate surface area is 218 Å². The van der Waals surface area contributed by atoms with Crippen LogP contribution in [0.2, 0.25) is 0 Å². The third-order valence-corrected chi connectivity index (χ3v) is 8.31. The number of hydrogen-bond acceptors (Lipinski definition) is 7. The van der Waals surface area contributed by atoms with Gasteiger partial charge in [-0.2, -0.15) is 0 Å². The van der Waals surface area contributed by atoms with Crippen LogP contribution in [0.1, 0.15) is 47.5 Å². The number of benzene rings is 2. The minimum Gasteiger partial charge on any atom is -0.494 e. The normalized spacial score (nSPS) is 12.9. The van der Waals surface area contributed by atoms with Crippen molar-refractivity contribution in [2.75, 3.05) is 19.0 Å². The largest absolute Gasteiger partial charge is 0.494 e. The quantitative estimate of drug-likeness (QED) is 0.151. The first-order valence-electron chi connectivity index (χ1n) is 12.3. The zero-order valence-corrected chi connectivity index (χ0v) is 22.0. The van der Waals surface area contributed by atoms with Gasteiger partial charge in [0.25, 0.3) is 5.56 Å². The maximum Gasteiger partial charge on any atom is 0.267 e. The Hall–Kier alpha value is -3.10. The summed E-state index contributed by atoms with van der Waals surface area (Å²) in [5, 5.41) is 1.25. The molecule has 2 aromatic heterocycles. The molecule has 1 aliphatic rings. The van der Waals surface area contributed by atoms with Crippen LogP contribution >= 0.6 is 23.1 Å². The van der Waals surface area contributed by atoms with Crippen LogP contribution < -0.4 is 15.0 Å². The Morgan fingerprint density at radius 2 is 1.61 bits per heavy atom. The minimum absolute atomic E-state index is 0.0267. The molecule has 186 valence electrons. The second-order valence-corrected chi connectivity index (χ2v) is 10.5. The van der Waals surface area contributed by atoms with Crippen LogP contribution in [0.3, 0.4) is 0 Å². The molecular weight excluding hydrogens is 492 g/mol. The van der Waals surface area contributed by atoms with Gasteiger partial charge in [0.2, 0.25) is 0 Å². The van der Waals surface area contributed by atoms with Gasteiger partial charge in [0, 0.05) is 10.4 Å². The van der Waals surface area contributed by atoms with Gasteiger partial charge < -0.3 is 9.47 Å². The number of Topliss-reactive ketones (excluding diaryl/α,β-unsaturated/α-hetero) is 1. The van der Waals surface area contributed by atoms with E-state index in [0.29, 0.717) is 29.6 Å². The Balaban J connectivity index is 1.52. The van der Waals surface area contributed by atoms with Gasteiger partial charge in [-0.1, -0.05) is 11.8 Å². The standard InChI is InChI=1S/C28H28N2O4S2/c1-3-33-20-13-9-18(10-14-20)23(31)17-35-28-29-26-25(22-7-5-6-8-24(22)36-26)27(32)30(28)19-11-15-21(16-12-19)34-4-2/h9-16H,3-8,17H2,1-2H3. The summed E-state index contributed by atoms with van der Waals surface area (Å²) in [4.78, 5) is 33.8. The summed E-state index contributed by atoms with van der Waals surface area (Å²) in [7, 11) is 0. The number of fused-ring (bicyclic) bond motifs is 3. The highest BCUT2D eigenvalue weighted by molar-refractivity contribution is 7.99. The first-order chi connectivity index (χ1) is 17.6. The summed E-state index contributed by atoms with van der Waals surface area (Å²) in [6.45, 7) is 5.01. The van der Waals surface area contributed by atoms with E-state index >= 15 is 0 Å². The molecule has 8 heteroatoms. The van der Waals surface area contributed by atoms with Crippen molar-refractivity contribution in [3.63, 3.8) is 0 Å². The number of rotatable bonds is 9. The zero-order valence-electron chi connectivity index (χ0n) is 20.4. The van der Waals surface area contributed by atoms with E-state index in [9.17, 15) is 9.59 Å². The lowest BCUT2D eigenvalue weighted by molar-refractivity contribution is 0.102. The number of ether oxygens (including phenoxy) is 2. The number of thioether (sulfide) groups is 1. The Morgan fingerprint density at radius 1 is 0.972 bits per heavy atom. The Kier molecular flexibility index (Phi) is 7.43. The fourth-order valence-electron chi connectivity index (χ4n) is 4.49. The van der Waals surface area contributed by atoms with Gasteiger partial charge in [-0.15, -0.1) is 11.3 Å². The van der Waals surface area contributed by atoms with Crippen LogP contribution in [0.5, 0.6) is 11.5 Å². The van der Waals surface area contributed by atoms with Gasteiger partial charge in [-0.3, -0.25) is 14.2 Å². The molecule has 6 nitrogen and oxygen atoms in total. The number of carbonyl (C=O) groups excluding carboxylic acids is 1. The van der Waals surface area contributed by atoms with Gasteiger partial charge in [-0.05, 0) is 93.6 Å². The number of thiophene rings is 1. The molecule has 5 rings (SSSR count). The van der Waals surface area contributed by atoms with E-state index in [4.69, 9.17) is 14.5 Å². The summed E-state index contributed by atoms with van der Waals surface area (Å²) in [6, 6.07) is 14.6. The van der Waals surface area contributed by atoms with Crippen molar-refractivity contribution < 1.29 is 14.3 Å². The van der Waals surface area contributed by atoms with E-state index in [-0.39, 0.29) is 17.1 Å². The molecule has 2 aromatic carbocycles. The second-order valence-electron chi connectivity index (χ2n) is 8.52. The SMILES string of the molecule is CCOc1ccc(C(=O)CSc2nc3sc4c(c3c(=O)n2-c2ccc(OCC)cc2)CCCC4)cc1. The van der Waals surface area contributed by atoms with E-state index in [1.54, 1.807) is 40.2 Å². The highest BCUT2D eigenvalue weighted by atomic mass is 32.2. The number of hydrogen-bond donors (Lipinski definition) is 0. The van der Waals surface area contributed by atoms with Gasteiger partial charge in [0.05, 0.1) is 30.0 Å². The number of aromatic nitrogens is 2. The number of nitrogens with zero attached hydrogens (tertiary/aromatic N) is 2. The van der Waals surface area contributed by atoms with E-state index < -0.39 is 0 Å². The summed E-state index contributed by atoms with van der Waals surface area (Å²) >= 11 is 2.92. The highest BCUT2D eigenvalue weighted by Crippen LogP contribution is 2.35. The Morgan fingerprint density at radius 3 is 2.28 bits per heavy atom. The lowest BCUT2D eigenvalue weighted by atomic mass is 9.97. The average molecular weight is 521 g/mol. The van der Waals surface area contributed by atoms with Crippen molar-refractivity contribution in [3.05, 3.63) is 74.9 Å². The summed E-state index contributed by atoms with van der Waals surface area (Å²) in [5.74, 6) is 1.63.